The van der Waals surface area contributed by atoms with E-state index in [2.05, 4.69) is 59.0 Å². The minimum atomic E-state index is -0.0162. The van der Waals surface area contributed by atoms with Crippen LogP contribution in [0.2, 0.25) is 0 Å². The Morgan fingerprint density at radius 2 is 2.12 bits per heavy atom. The zero-order valence-electron chi connectivity index (χ0n) is 14.2. The van der Waals surface area contributed by atoms with Crippen molar-refractivity contribution in [3.63, 3.8) is 0 Å². The minimum Gasteiger partial charge on any atom is -0.497 e. The summed E-state index contributed by atoms with van der Waals surface area (Å²) in [6.07, 6.45) is 1.96. The number of hydrogen-bond acceptors (Lipinski definition) is 3. The first-order valence-corrected chi connectivity index (χ1v) is 9.47. The van der Waals surface area contributed by atoms with Crippen LogP contribution < -0.4 is 4.74 Å². The van der Waals surface area contributed by atoms with Crippen molar-refractivity contribution in [1.82, 2.24) is 5.01 Å². The average molecular weight is 446 g/mol. The lowest BCUT2D eigenvalue weighted by atomic mass is 9.77. The molecule has 0 aromatic heterocycles. The fraction of sp³-hybridized carbons (Fsp3) is 0.300. The number of carbonyl (C=O) groups excluding carboxylic acids is 1. The quantitative estimate of drug-likeness (QED) is 0.650. The molecule has 0 radical (unpaired) electrons. The van der Waals surface area contributed by atoms with Gasteiger partial charge in [-0.15, -0.1) is 0 Å². The Labute approximate surface area is 161 Å². The molecule has 0 saturated carbocycles. The molecule has 1 heterocycles. The third-order valence-corrected chi connectivity index (χ3v) is 5.71. The Balaban J connectivity index is 1.79. The van der Waals surface area contributed by atoms with E-state index >= 15 is 0 Å². The van der Waals surface area contributed by atoms with Gasteiger partial charge in [-0.25, -0.2) is 5.01 Å². The van der Waals surface area contributed by atoms with Gasteiger partial charge < -0.3 is 4.74 Å². The second-order valence-electron chi connectivity index (χ2n) is 6.52. The van der Waals surface area contributed by atoms with Crippen LogP contribution in [-0.2, 0) is 11.2 Å². The lowest BCUT2D eigenvalue weighted by Gasteiger charge is -2.29. The topological polar surface area (TPSA) is 41.9 Å². The van der Waals surface area contributed by atoms with Crippen molar-refractivity contribution in [2.24, 2.45) is 11.0 Å². The van der Waals surface area contributed by atoms with Crippen molar-refractivity contribution >= 4 is 34.2 Å². The Bertz CT molecular complexity index is 878. The van der Waals surface area contributed by atoms with Crippen LogP contribution in [0, 0.1) is 9.49 Å². The first kappa shape index (κ1) is 16.6. The first-order valence-electron chi connectivity index (χ1n) is 8.39. The van der Waals surface area contributed by atoms with Gasteiger partial charge in [0.25, 0.3) is 0 Å². The van der Waals surface area contributed by atoms with Crippen molar-refractivity contribution in [2.45, 2.75) is 25.8 Å². The van der Waals surface area contributed by atoms with Crippen molar-refractivity contribution in [1.29, 1.82) is 0 Å². The fourth-order valence-electron chi connectivity index (χ4n) is 3.92. The molecule has 0 fully saturated rings. The first-order chi connectivity index (χ1) is 12.1. The number of ether oxygens (including phenoxy) is 1. The van der Waals surface area contributed by atoms with Crippen LogP contribution >= 0.6 is 22.6 Å². The van der Waals surface area contributed by atoms with Crippen LogP contribution in [-0.4, -0.2) is 23.7 Å². The fourth-order valence-corrected chi connectivity index (χ4v) is 4.48. The van der Waals surface area contributed by atoms with Gasteiger partial charge in [0.2, 0.25) is 5.91 Å². The number of carbonyl (C=O) groups is 1. The Kier molecular flexibility index (Phi) is 4.27. The van der Waals surface area contributed by atoms with Gasteiger partial charge in [-0.2, -0.15) is 5.10 Å². The maximum atomic E-state index is 12.3. The molecular weight excluding hydrogens is 427 g/mol. The summed E-state index contributed by atoms with van der Waals surface area (Å²) < 4.78 is 6.52. The summed E-state index contributed by atoms with van der Waals surface area (Å²) in [6.45, 7) is 1.59. The van der Waals surface area contributed by atoms with Crippen molar-refractivity contribution in [3.8, 4) is 5.75 Å². The monoisotopic (exact) mass is 446 g/mol. The van der Waals surface area contributed by atoms with Crippen LogP contribution in [0.15, 0.2) is 47.6 Å². The molecule has 2 aliphatic rings. The molecule has 2 aromatic rings. The SMILES string of the molecule is COc1ccc2c(c1)CC[C@H]1C2=NN(C(C)=O)[C@H]1c1cccc(I)c1. The Morgan fingerprint density at radius 3 is 2.84 bits per heavy atom. The summed E-state index contributed by atoms with van der Waals surface area (Å²) in [5.41, 5.74) is 4.59. The lowest BCUT2D eigenvalue weighted by molar-refractivity contribution is -0.131. The van der Waals surface area contributed by atoms with Crippen LogP contribution in [0.4, 0.5) is 0 Å². The zero-order chi connectivity index (χ0) is 17.6. The smallest absolute Gasteiger partial charge is 0.240 e. The highest BCUT2D eigenvalue weighted by atomic mass is 127. The maximum absolute atomic E-state index is 12.3. The molecule has 0 N–H and O–H groups in total. The molecule has 4 rings (SSSR count). The molecule has 1 aliphatic heterocycles. The van der Waals surface area contributed by atoms with Gasteiger partial charge in [0.05, 0.1) is 18.9 Å². The van der Waals surface area contributed by atoms with Gasteiger partial charge in [0.1, 0.15) is 5.75 Å². The number of benzene rings is 2. The van der Waals surface area contributed by atoms with Gasteiger partial charge in [0, 0.05) is 22.0 Å². The van der Waals surface area contributed by atoms with Crippen LogP contribution in [0.25, 0.3) is 0 Å². The highest BCUT2D eigenvalue weighted by Crippen LogP contribution is 2.44. The van der Waals surface area contributed by atoms with E-state index in [9.17, 15) is 4.79 Å². The number of methoxy groups -OCH3 is 1. The molecule has 1 amide bonds. The van der Waals surface area contributed by atoms with Crippen LogP contribution in [0.1, 0.15) is 36.1 Å². The minimum absolute atomic E-state index is 0.0131. The normalized spacial score (nSPS) is 21.4. The Morgan fingerprint density at radius 1 is 1.28 bits per heavy atom. The summed E-state index contributed by atoms with van der Waals surface area (Å²) >= 11 is 2.32. The van der Waals surface area contributed by atoms with E-state index < -0.39 is 0 Å². The van der Waals surface area contributed by atoms with Gasteiger partial charge in [-0.05, 0) is 76.9 Å². The molecule has 128 valence electrons. The van der Waals surface area contributed by atoms with E-state index in [1.54, 1.807) is 19.0 Å². The molecule has 2 aromatic carbocycles. The predicted molar refractivity (Wildman–Crippen MR) is 106 cm³/mol. The van der Waals surface area contributed by atoms with Gasteiger partial charge in [-0.1, -0.05) is 12.1 Å². The summed E-state index contributed by atoms with van der Waals surface area (Å²) in [7, 11) is 1.69. The van der Waals surface area contributed by atoms with E-state index in [4.69, 9.17) is 9.84 Å². The predicted octanol–water partition coefficient (Wildman–Crippen LogP) is 4.17. The highest BCUT2D eigenvalue weighted by Gasteiger charge is 2.43. The van der Waals surface area contributed by atoms with E-state index in [0.717, 1.165) is 35.4 Å². The molecule has 0 spiro atoms. The number of fused-ring (bicyclic) bond motifs is 3. The number of amides is 1. The highest BCUT2D eigenvalue weighted by molar-refractivity contribution is 14.1. The second-order valence-corrected chi connectivity index (χ2v) is 7.76. The number of hydrazone groups is 1. The number of hydrogen-bond donors (Lipinski definition) is 0. The number of aryl methyl sites for hydroxylation is 1. The van der Waals surface area contributed by atoms with Gasteiger partial charge in [-0.3, -0.25) is 4.79 Å². The molecule has 0 unspecified atom stereocenters. The molecule has 25 heavy (non-hydrogen) atoms. The summed E-state index contributed by atoms with van der Waals surface area (Å²) in [5.74, 6) is 1.09. The number of halogens is 1. The van der Waals surface area contributed by atoms with E-state index in [-0.39, 0.29) is 17.9 Å². The summed E-state index contributed by atoms with van der Waals surface area (Å²) in [4.78, 5) is 12.3. The van der Waals surface area contributed by atoms with E-state index in [0.29, 0.717) is 0 Å². The molecule has 0 bridgehead atoms. The van der Waals surface area contributed by atoms with E-state index in [1.807, 2.05) is 6.07 Å². The second kappa shape index (κ2) is 6.44. The maximum Gasteiger partial charge on any atom is 0.240 e. The zero-order valence-corrected chi connectivity index (χ0v) is 16.4. The number of rotatable bonds is 2. The van der Waals surface area contributed by atoms with Gasteiger partial charge >= 0.3 is 0 Å². The van der Waals surface area contributed by atoms with E-state index in [1.165, 1.54) is 9.13 Å². The average Bonchev–Trinajstić information content (AvgIpc) is 3.01. The van der Waals surface area contributed by atoms with Gasteiger partial charge in [0.15, 0.2) is 0 Å². The molecule has 1 aliphatic carbocycles. The van der Waals surface area contributed by atoms with Crippen LogP contribution in [0.3, 0.4) is 0 Å². The summed E-state index contributed by atoms with van der Waals surface area (Å²) in [6, 6.07) is 14.5. The van der Waals surface area contributed by atoms with Crippen molar-refractivity contribution < 1.29 is 9.53 Å². The molecule has 4 nitrogen and oxygen atoms in total. The Hall–Kier alpha value is -1.89. The largest absolute Gasteiger partial charge is 0.497 e. The third kappa shape index (κ3) is 2.84. The molecule has 0 saturated heterocycles. The molecule has 2 atom stereocenters. The molecule has 5 heteroatoms. The lowest BCUT2D eigenvalue weighted by Crippen LogP contribution is -2.31. The number of nitrogens with zero attached hydrogens (tertiary/aromatic N) is 2. The summed E-state index contributed by atoms with van der Waals surface area (Å²) in [5, 5.41) is 6.42. The van der Waals surface area contributed by atoms with Crippen molar-refractivity contribution in [3.05, 3.63) is 62.7 Å². The van der Waals surface area contributed by atoms with Crippen molar-refractivity contribution in [2.75, 3.05) is 7.11 Å². The molecular formula is C20H19IN2O2. The third-order valence-electron chi connectivity index (χ3n) is 5.04. The standard InChI is InChI=1S/C20H19IN2O2/c1-12(24)23-20(14-4-3-5-15(21)10-14)18-8-6-13-11-16(25-2)7-9-17(13)19(18)22-23/h3-5,7,9-11,18,20H,6,8H2,1-2H3/t18-,20-/m0/s1. The van der Waals surface area contributed by atoms with Crippen LogP contribution in [0.5, 0.6) is 5.75 Å².